The van der Waals surface area contributed by atoms with E-state index >= 15 is 0 Å². The highest BCUT2D eigenvalue weighted by molar-refractivity contribution is 6.33. The predicted octanol–water partition coefficient (Wildman–Crippen LogP) is 4.75. The SMILES string of the molecule is Cl.O=C(O)C1CCN(c2ccc(Cl)c(-c3nc4ccc(F)cc4[nH]3)c2)CC1. The number of carboxylic acid groups (broad SMARTS) is 1. The summed E-state index contributed by atoms with van der Waals surface area (Å²) in [7, 11) is 0. The van der Waals surface area contributed by atoms with Gasteiger partial charge in [0.15, 0.2) is 0 Å². The van der Waals surface area contributed by atoms with Crippen LogP contribution in [-0.4, -0.2) is 34.1 Å². The Bertz CT molecular complexity index is 984. The number of benzene rings is 2. The zero-order chi connectivity index (χ0) is 18.3. The molecule has 0 spiro atoms. The number of hydrogen-bond donors (Lipinski definition) is 2. The first-order valence-electron chi connectivity index (χ1n) is 8.44. The molecule has 27 heavy (non-hydrogen) atoms. The van der Waals surface area contributed by atoms with Crippen molar-refractivity contribution >= 4 is 46.7 Å². The Balaban J connectivity index is 0.00000210. The van der Waals surface area contributed by atoms with E-state index in [9.17, 15) is 9.18 Å². The van der Waals surface area contributed by atoms with Gasteiger partial charge >= 0.3 is 5.97 Å². The second-order valence-electron chi connectivity index (χ2n) is 6.51. The quantitative estimate of drug-likeness (QED) is 0.654. The lowest BCUT2D eigenvalue weighted by atomic mass is 9.96. The molecule has 1 saturated heterocycles. The molecular weight excluding hydrogens is 392 g/mol. The number of nitrogens with one attached hydrogen (secondary N) is 1. The van der Waals surface area contributed by atoms with Crippen molar-refractivity contribution in [2.75, 3.05) is 18.0 Å². The molecule has 1 aliphatic heterocycles. The highest BCUT2D eigenvalue weighted by Crippen LogP contribution is 2.33. The van der Waals surface area contributed by atoms with Crippen LogP contribution in [0.15, 0.2) is 36.4 Å². The van der Waals surface area contributed by atoms with E-state index < -0.39 is 5.97 Å². The zero-order valence-electron chi connectivity index (χ0n) is 14.3. The molecule has 0 atom stereocenters. The van der Waals surface area contributed by atoms with Crippen LogP contribution >= 0.6 is 24.0 Å². The number of aromatic nitrogens is 2. The summed E-state index contributed by atoms with van der Waals surface area (Å²) in [6.45, 7) is 1.37. The standard InChI is InChI=1S/C19H17ClFN3O2.ClH/c20-15-3-2-13(24-7-5-11(6-8-24)19(25)26)10-14(15)18-22-16-4-1-12(21)9-17(16)23-18;/h1-4,9-11H,5-8H2,(H,22,23)(H,25,26);1H. The number of aromatic amines is 1. The number of anilines is 1. The molecule has 0 aliphatic carbocycles. The van der Waals surface area contributed by atoms with E-state index in [0.29, 0.717) is 47.8 Å². The molecular formula is C19H18Cl2FN3O2. The van der Waals surface area contributed by atoms with Crippen molar-refractivity contribution in [1.82, 2.24) is 9.97 Å². The molecule has 1 fully saturated rings. The molecule has 8 heteroatoms. The minimum Gasteiger partial charge on any atom is -0.481 e. The van der Waals surface area contributed by atoms with Gasteiger partial charge in [0.25, 0.3) is 0 Å². The van der Waals surface area contributed by atoms with Crippen LogP contribution in [0.3, 0.4) is 0 Å². The summed E-state index contributed by atoms with van der Waals surface area (Å²) >= 11 is 6.36. The third-order valence-corrected chi connectivity index (χ3v) is 5.19. The molecule has 2 N–H and O–H groups in total. The summed E-state index contributed by atoms with van der Waals surface area (Å²) in [5.74, 6) is -0.744. The lowest BCUT2D eigenvalue weighted by molar-refractivity contribution is -0.142. The molecule has 0 amide bonds. The van der Waals surface area contributed by atoms with E-state index in [-0.39, 0.29) is 24.1 Å². The molecule has 1 aromatic heterocycles. The number of nitrogens with zero attached hydrogens (tertiary/aromatic N) is 2. The smallest absolute Gasteiger partial charge is 0.306 e. The Labute approximate surface area is 166 Å². The number of hydrogen-bond acceptors (Lipinski definition) is 3. The molecule has 0 saturated carbocycles. The van der Waals surface area contributed by atoms with Crippen LogP contribution in [0.5, 0.6) is 0 Å². The largest absolute Gasteiger partial charge is 0.481 e. The molecule has 0 unspecified atom stereocenters. The van der Waals surface area contributed by atoms with Gasteiger partial charge < -0.3 is 15.0 Å². The first-order valence-corrected chi connectivity index (χ1v) is 8.82. The number of imidazole rings is 1. The topological polar surface area (TPSA) is 69.2 Å². The minimum atomic E-state index is -0.726. The third kappa shape index (κ3) is 3.87. The van der Waals surface area contributed by atoms with Crippen LogP contribution in [-0.2, 0) is 4.79 Å². The van der Waals surface area contributed by atoms with E-state index in [1.54, 1.807) is 6.07 Å². The summed E-state index contributed by atoms with van der Waals surface area (Å²) < 4.78 is 13.4. The summed E-state index contributed by atoms with van der Waals surface area (Å²) in [6.07, 6.45) is 1.24. The summed E-state index contributed by atoms with van der Waals surface area (Å²) in [4.78, 5) is 20.9. The molecule has 5 nitrogen and oxygen atoms in total. The Kier molecular flexibility index (Phi) is 5.58. The lowest BCUT2D eigenvalue weighted by Crippen LogP contribution is -2.36. The van der Waals surface area contributed by atoms with Gasteiger partial charge in [-0.2, -0.15) is 0 Å². The third-order valence-electron chi connectivity index (χ3n) is 4.86. The van der Waals surface area contributed by atoms with Crippen molar-refractivity contribution in [2.45, 2.75) is 12.8 Å². The molecule has 2 heterocycles. The molecule has 2 aromatic carbocycles. The van der Waals surface area contributed by atoms with Gasteiger partial charge in [0.1, 0.15) is 11.6 Å². The highest BCUT2D eigenvalue weighted by atomic mass is 35.5. The van der Waals surface area contributed by atoms with Crippen molar-refractivity contribution in [3.8, 4) is 11.4 Å². The minimum absolute atomic E-state index is 0. The van der Waals surface area contributed by atoms with Crippen molar-refractivity contribution in [1.29, 1.82) is 0 Å². The molecule has 1 aliphatic rings. The Morgan fingerprint density at radius 1 is 1.22 bits per heavy atom. The second kappa shape index (κ2) is 7.74. The second-order valence-corrected chi connectivity index (χ2v) is 6.92. The van der Waals surface area contributed by atoms with Crippen molar-refractivity contribution in [2.24, 2.45) is 5.92 Å². The highest BCUT2D eigenvalue weighted by Gasteiger charge is 2.25. The fraction of sp³-hybridized carbons (Fsp3) is 0.263. The van der Waals surface area contributed by atoms with E-state index in [4.69, 9.17) is 16.7 Å². The molecule has 0 bridgehead atoms. The zero-order valence-corrected chi connectivity index (χ0v) is 15.9. The number of rotatable bonds is 3. The number of carbonyl (C=O) groups is 1. The van der Waals surface area contributed by atoms with Crippen LogP contribution in [0.1, 0.15) is 12.8 Å². The van der Waals surface area contributed by atoms with Crippen molar-refractivity contribution in [3.63, 3.8) is 0 Å². The molecule has 4 rings (SSSR count). The monoisotopic (exact) mass is 409 g/mol. The van der Waals surface area contributed by atoms with Gasteiger partial charge in [-0.15, -0.1) is 12.4 Å². The Morgan fingerprint density at radius 2 is 1.96 bits per heavy atom. The van der Waals surface area contributed by atoms with Gasteiger partial charge in [0.2, 0.25) is 0 Å². The van der Waals surface area contributed by atoms with Gasteiger partial charge in [0.05, 0.1) is 22.0 Å². The van der Waals surface area contributed by atoms with E-state index in [1.807, 2.05) is 18.2 Å². The average molecular weight is 410 g/mol. The maximum absolute atomic E-state index is 13.4. The van der Waals surface area contributed by atoms with Gasteiger partial charge in [0, 0.05) is 24.3 Å². The van der Waals surface area contributed by atoms with Crippen LogP contribution < -0.4 is 4.90 Å². The maximum atomic E-state index is 13.4. The van der Waals surface area contributed by atoms with E-state index in [2.05, 4.69) is 14.9 Å². The lowest BCUT2D eigenvalue weighted by Gasteiger charge is -2.32. The van der Waals surface area contributed by atoms with Gasteiger partial charge in [-0.25, -0.2) is 9.37 Å². The van der Waals surface area contributed by atoms with Crippen molar-refractivity contribution < 1.29 is 14.3 Å². The van der Waals surface area contributed by atoms with Crippen LogP contribution in [0.2, 0.25) is 5.02 Å². The van der Waals surface area contributed by atoms with Crippen LogP contribution in [0, 0.1) is 11.7 Å². The van der Waals surface area contributed by atoms with Crippen LogP contribution in [0.25, 0.3) is 22.4 Å². The Morgan fingerprint density at radius 3 is 2.67 bits per heavy atom. The van der Waals surface area contributed by atoms with Crippen LogP contribution in [0.4, 0.5) is 10.1 Å². The fourth-order valence-corrected chi connectivity index (χ4v) is 3.59. The maximum Gasteiger partial charge on any atom is 0.306 e. The van der Waals surface area contributed by atoms with Gasteiger partial charge in [-0.1, -0.05) is 11.6 Å². The molecule has 0 radical (unpaired) electrons. The first kappa shape index (κ1) is 19.5. The number of aliphatic carboxylic acids is 1. The van der Waals surface area contributed by atoms with Gasteiger partial charge in [-0.3, -0.25) is 4.79 Å². The molecule has 3 aromatic rings. The number of fused-ring (bicyclic) bond motifs is 1. The fourth-order valence-electron chi connectivity index (χ4n) is 3.39. The Hall–Kier alpha value is -2.31. The number of piperidine rings is 1. The number of halogens is 3. The van der Waals surface area contributed by atoms with E-state index in [1.165, 1.54) is 12.1 Å². The summed E-state index contributed by atoms with van der Waals surface area (Å²) in [5.41, 5.74) is 3.00. The summed E-state index contributed by atoms with van der Waals surface area (Å²) in [6, 6.07) is 10.1. The van der Waals surface area contributed by atoms with Crippen molar-refractivity contribution in [3.05, 3.63) is 47.2 Å². The number of H-pyrrole nitrogens is 1. The predicted molar refractivity (Wildman–Crippen MR) is 106 cm³/mol. The average Bonchev–Trinajstić information content (AvgIpc) is 3.05. The van der Waals surface area contributed by atoms with Gasteiger partial charge in [-0.05, 0) is 49.2 Å². The normalized spacial score (nSPS) is 15.0. The van der Waals surface area contributed by atoms with E-state index in [0.717, 1.165) is 11.3 Å². The summed E-state index contributed by atoms with van der Waals surface area (Å²) in [5, 5.41) is 9.69. The number of carboxylic acids is 1. The first-order chi connectivity index (χ1) is 12.5. The molecule has 142 valence electrons.